The van der Waals surface area contributed by atoms with E-state index >= 15 is 0 Å². The fourth-order valence-electron chi connectivity index (χ4n) is 2.46. The summed E-state index contributed by atoms with van der Waals surface area (Å²) in [4.78, 5) is 11.2. The van der Waals surface area contributed by atoms with Gasteiger partial charge in [-0.2, -0.15) is 0 Å². The Morgan fingerprint density at radius 2 is 2.06 bits per heavy atom. The molecule has 84 valence electrons. The Kier molecular flexibility index (Phi) is 2.17. The van der Waals surface area contributed by atoms with Crippen molar-refractivity contribution < 1.29 is 0 Å². The molecular formula is C12H16N4. The van der Waals surface area contributed by atoms with Gasteiger partial charge in [-0.25, -0.2) is 9.97 Å². The second kappa shape index (κ2) is 3.56. The van der Waals surface area contributed by atoms with Gasteiger partial charge in [0.05, 0.1) is 0 Å². The van der Waals surface area contributed by atoms with Gasteiger partial charge in [0.2, 0.25) is 5.95 Å². The highest BCUT2D eigenvalue weighted by Crippen LogP contribution is 2.27. The van der Waals surface area contributed by atoms with Gasteiger partial charge in [-0.3, -0.25) is 0 Å². The van der Waals surface area contributed by atoms with Crippen LogP contribution in [0.3, 0.4) is 0 Å². The lowest BCUT2D eigenvalue weighted by Gasteiger charge is -2.16. The van der Waals surface area contributed by atoms with Gasteiger partial charge in [0.1, 0.15) is 0 Å². The zero-order chi connectivity index (χ0) is 11.1. The summed E-state index contributed by atoms with van der Waals surface area (Å²) in [6.45, 7) is 7.16. The van der Waals surface area contributed by atoms with Gasteiger partial charge in [-0.15, -0.1) is 0 Å². The van der Waals surface area contributed by atoms with E-state index in [0.29, 0.717) is 5.92 Å². The average molecular weight is 216 g/mol. The Morgan fingerprint density at radius 3 is 2.75 bits per heavy atom. The molecule has 0 aromatic carbocycles. The second-order valence-electron chi connectivity index (χ2n) is 4.63. The summed E-state index contributed by atoms with van der Waals surface area (Å²) < 4.78 is 0. The predicted octanol–water partition coefficient (Wildman–Crippen LogP) is 1.02. The van der Waals surface area contributed by atoms with Crippen LogP contribution >= 0.6 is 0 Å². The van der Waals surface area contributed by atoms with E-state index in [1.807, 2.05) is 19.9 Å². The van der Waals surface area contributed by atoms with Gasteiger partial charge in [-0.1, -0.05) is 0 Å². The molecule has 4 heteroatoms. The molecule has 2 aliphatic heterocycles. The molecule has 1 atom stereocenters. The summed E-state index contributed by atoms with van der Waals surface area (Å²) in [6.07, 6.45) is 2.21. The number of nitrogens with one attached hydrogen (secondary N) is 1. The van der Waals surface area contributed by atoms with Crippen LogP contribution in [0.15, 0.2) is 17.8 Å². The minimum absolute atomic E-state index is 0.657. The monoisotopic (exact) mass is 216 g/mol. The molecule has 1 fully saturated rings. The molecule has 0 amide bonds. The van der Waals surface area contributed by atoms with Gasteiger partial charge >= 0.3 is 0 Å². The first-order valence-electron chi connectivity index (χ1n) is 5.72. The summed E-state index contributed by atoms with van der Waals surface area (Å²) in [5.74, 6) is 1.50. The summed E-state index contributed by atoms with van der Waals surface area (Å²) in [6, 6.07) is 2.01. The molecule has 16 heavy (non-hydrogen) atoms. The topological polar surface area (TPSA) is 41.1 Å². The molecule has 3 heterocycles. The number of fused-ring (bicyclic) bond motifs is 1. The first kappa shape index (κ1) is 9.78. The largest absolute Gasteiger partial charge is 0.317 e. The molecule has 0 bridgehead atoms. The van der Waals surface area contributed by atoms with Crippen LogP contribution in [-0.4, -0.2) is 29.6 Å². The SMILES string of the molecule is Cc1cc(C)nc(N2C=C3CNCC3C2)n1. The highest BCUT2D eigenvalue weighted by molar-refractivity contribution is 5.43. The van der Waals surface area contributed by atoms with E-state index in [1.165, 1.54) is 5.57 Å². The van der Waals surface area contributed by atoms with Crippen molar-refractivity contribution in [2.24, 2.45) is 5.92 Å². The minimum atomic E-state index is 0.657. The third-order valence-electron chi connectivity index (χ3n) is 3.21. The lowest BCUT2D eigenvalue weighted by molar-refractivity contribution is 0.671. The molecule has 1 aromatic rings. The van der Waals surface area contributed by atoms with Crippen LogP contribution in [-0.2, 0) is 0 Å². The number of rotatable bonds is 1. The molecule has 2 aliphatic rings. The molecule has 1 aromatic heterocycles. The maximum atomic E-state index is 4.49. The third-order valence-corrected chi connectivity index (χ3v) is 3.21. The molecule has 0 spiro atoms. The van der Waals surface area contributed by atoms with E-state index in [-0.39, 0.29) is 0 Å². The van der Waals surface area contributed by atoms with Crippen LogP contribution in [0.4, 0.5) is 5.95 Å². The van der Waals surface area contributed by atoms with Crippen LogP contribution in [0.2, 0.25) is 0 Å². The van der Waals surface area contributed by atoms with Gasteiger partial charge in [0, 0.05) is 43.1 Å². The number of hydrogen-bond donors (Lipinski definition) is 1. The Balaban J connectivity index is 1.91. The molecule has 3 rings (SSSR count). The summed E-state index contributed by atoms with van der Waals surface area (Å²) in [7, 11) is 0. The molecule has 0 saturated carbocycles. The Morgan fingerprint density at radius 1 is 1.31 bits per heavy atom. The number of nitrogens with zero attached hydrogens (tertiary/aromatic N) is 3. The van der Waals surface area contributed by atoms with Gasteiger partial charge in [0.25, 0.3) is 0 Å². The van der Waals surface area contributed by atoms with Crippen molar-refractivity contribution in [3.8, 4) is 0 Å². The average Bonchev–Trinajstić information content (AvgIpc) is 2.74. The van der Waals surface area contributed by atoms with Crippen LogP contribution in [0.5, 0.6) is 0 Å². The van der Waals surface area contributed by atoms with E-state index in [4.69, 9.17) is 0 Å². The lowest BCUT2D eigenvalue weighted by Crippen LogP contribution is -2.23. The van der Waals surface area contributed by atoms with Gasteiger partial charge < -0.3 is 10.2 Å². The molecule has 1 unspecified atom stereocenters. The van der Waals surface area contributed by atoms with Crippen molar-refractivity contribution in [1.82, 2.24) is 15.3 Å². The standard InChI is InChI=1S/C12H16N4/c1-8-3-9(2)15-12(14-8)16-6-10-4-13-5-11(10)7-16/h3,6,11,13H,4-5,7H2,1-2H3. The van der Waals surface area contributed by atoms with Crippen molar-refractivity contribution in [2.45, 2.75) is 13.8 Å². The molecule has 0 aliphatic carbocycles. The first-order chi connectivity index (χ1) is 7.72. The fourth-order valence-corrected chi connectivity index (χ4v) is 2.46. The summed E-state index contributed by atoms with van der Waals surface area (Å²) in [5, 5.41) is 3.38. The van der Waals surface area contributed by atoms with E-state index in [0.717, 1.165) is 37.0 Å². The highest BCUT2D eigenvalue weighted by Gasteiger charge is 2.29. The summed E-state index contributed by atoms with van der Waals surface area (Å²) in [5.41, 5.74) is 3.56. The van der Waals surface area contributed by atoms with Crippen molar-refractivity contribution in [3.05, 3.63) is 29.2 Å². The zero-order valence-electron chi connectivity index (χ0n) is 9.70. The molecule has 4 nitrogen and oxygen atoms in total. The van der Waals surface area contributed by atoms with Crippen molar-refractivity contribution in [2.75, 3.05) is 24.5 Å². The highest BCUT2D eigenvalue weighted by atomic mass is 15.3. The van der Waals surface area contributed by atoms with Gasteiger partial charge in [0.15, 0.2) is 0 Å². The predicted molar refractivity (Wildman–Crippen MR) is 63.3 cm³/mol. The fraction of sp³-hybridized carbons (Fsp3) is 0.500. The van der Waals surface area contributed by atoms with Crippen molar-refractivity contribution in [1.29, 1.82) is 0 Å². The quantitative estimate of drug-likeness (QED) is 0.761. The third kappa shape index (κ3) is 1.59. The van der Waals surface area contributed by atoms with Crippen molar-refractivity contribution in [3.63, 3.8) is 0 Å². The van der Waals surface area contributed by atoms with Crippen LogP contribution in [0.25, 0.3) is 0 Å². The van der Waals surface area contributed by atoms with E-state index in [1.54, 1.807) is 0 Å². The number of hydrogen-bond acceptors (Lipinski definition) is 4. The number of aromatic nitrogens is 2. The zero-order valence-corrected chi connectivity index (χ0v) is 9.70. The summed E-state index contributed by atoms with van der Waals surface area (Å²) >= 11 is 0. The molecule has 1 N–H and O–H groups in total. The van der Waals surface area contributed by atoms with E-state index in [9.17, 15) is 0 Å². The van der Waals surface area contributed by atoms with Gasteiger partial charge in [-0.05, 0) is 25.5 Å². The second-order valence-corrected chi connectivity index (χ2v) is 4.63. The van der Waals surface area contributed by atoms with Crippen LogP contribution in [0.1, 0.15) is 11.4 Å². The Labute approximate surface area is 95.4 Å². The Bertz CT molecular complexity index is 432. The first-order valence-corrected chi connectivity index (χ1v) is 5.72. The van der Waals surface area contributed by atoms with Crippen LogP contribution < -0.4 is 10.2 Å². The molecule has 1 saturated heterocycles. The molecule has 0 radical (unpaired) electrons. The maximum absolute atomic E-state index is 4.49. The van der Waals surface area contributed by atoms with Crippen LogP contribution in [0, 0.1) is 19.8 Å². The normalized spacial score (nSPS) is 23.5. The Hall–Kier alpha value is -1.42. The maximum Gasteiger partial charge on any atom is 0.229 e. The number of aryl methyl sites for hydroxylation is 2. The smallest absolute Gasteiger partial charge is 0.229 e. The van der Waals surface area contributed by atoms with E-state index in [2.05, 4.69) is 26.4 Å². The molecular weight excluding hydrogens is 200 g/mol. The van der Waals surface area contributed by atoms with E-state index < -0.39 is 0 Å². The minimum Gasteiger partial charge on any atom is -0.317 e. The van der Waals surface area contributed by atoms with Crippen molar-refractivity contribution >= 4 is 5.95 Å². The number of anilines is 1. The lowest BCUT2D eigenvalue weighted by atomic mass is 10.1.